The molecule has 5 heteroatoms. The van der Waals surface area contributed by atoms with Crippen molar-refractivity contribution in [3.05, 3.63) is 64.9 Å². The normalized spacial score (nSPS) is 11.8. The summed E-state index contributed by atoms with van der Waals surface area (Å²) in [4.78, 5) is 15.6. The number of hydrogen-bond acceptors (Lipinski definition) is 3. The number of para-hydroxylation sites is 1. The second-order valence-corrected chi connectivity index (χ2v) is 5.81. The summed E-state index contributed by atoms with van der Waals surface area (Å²) < 4.78 is 14.0. The third-order valence-electron chi connectivity index (χ3n) is 3.12. The van der Waals surface area contributed by atoms with E-state index in [1.54, 1.807) is 18.2 Å². The molecule has 1 N–H and O–H groups in total. The fourth-order valence-corrected chi connectivity index (χ4v) is 3.10. The monoisotopic (exact) mass is 313 g/mol. The molecule has 0 saturated carbocycles. The highest BCUT2D eigenvalue weighted by Gasteiger charge is 2.12. The van der Waals surface area contributed by atoms with E-state index >= 15 is 0 Å². The van der Waals surface area contributed by atoms with E-state index in [1.165, 1.54) is 23.5 Å². The largest absolute Gasteiger partial charge is 0.481 e. The molecule has 22 heavy (non-hydrogen) atoms. The number of thiazole rings is 1. The van der Waals surface area contributed by atoms with Gasteiger partial charge in [-0.3, -0.25) is 4.79 Å². The van der Waals surface area contributed by atoms with Crippen molar-refractivity contribution in [2.24, 2.45) is 0 Å². The molecule has 3 aromatic rings. The minimum absolute atomic E-state index is 0.128. The van der Waals surface area contributed by atoms with Crippen molar-refractivity contribution >= 4 is 39.2 Å². The Labute approximate surface area is 130 Å². The van der Waals surface area contributed by atoms with Crippen LogP contribution in [0.25, 0.3) is 21.9 Å². The second-order valence-electron chi connectivity index (χ2n) is 4.78. The topological polar surface area (TPSA) is 50.2 Å². The third kappa shape index (κ3) is 3.20. The standard InChI is InChI=1S/C17H12FNO2S/c18-13-7-5-11(6-8-13)9-12(10-16(20)21)17-19-14-3-1-2-4-15(14)22-17/h1-9H,10H2,(H,20,21)/b12-9-. The first kappa shape index (κ1) is 14.4. The zero-order valence-electron chi connectivity index (χ0n) is 11.5. The molecule has 0 unspecified atom stereocenters. The van der Waals surface area contributed by atoms with E-state index in [-0.39, 0.29) is 12.2 Å². The van der Waals surface area contributed by atoms with Gasteiger partial charge in [-0.25, -0.2) is 9.37 Å². The number of hydrogen-bond donors (Lipinski definition) is 1. The van der Waals surface area contributed by atoms with Crippen LogP contribution in [0.15, 0.2) is 48.5 Å². The van der Waals surface area contributed by atoms with Gasteiger partial charge in [0, 0.05) is 0 Å². The van der Waals surface area contributed by atoms with Gasteiger partial charge in [0.2, 0.25) is 0 Å². The van der Waals surface area contributed by atoms with Gasteiger partial charge >= 0.3 is 5.97 Å². The Bertz CT molecular complexity index is 819. The molecule has 0 atom stereocenters. The van der Waals surface area contributed by atoms with Gasteiger partial charge in [0.1, 0.15) is 10.8 Å². The van der Waals surface area contributed by atoms with E-state index < -0.39 is 5.97 Å². The van der Waals surface area contributed by atoms with Crippen LogP contribution in [0.4, 0.5) is 4.39 Å². The molecule has 2 aromatic carbocycles. The van der Waals surface area contributed by atoms with Crippen molar-refractivity contribution in [3.8, 4) is 0 Å². The Morgan fingerprint density at radius 3 is 2.59 bits per heavy atom. The van der Waals surface area contributed by atoms with Gasteiger partial charge in [-0.15, -0.1) is 11.3 Å². The van der Waals surface area contributed by atoms with Crippen LogP contribution in [0.3, 0.4) is 0 Å². The highest BCUT2D eigenvalue weighted by atomic mass is 32.1. The van der Waals surface area contributed by atoms with Crippen molar-refractivity contribution in [1.82, 2.24) is 4.98 Å². The minimum atomic E-state index is -0.924. The number of aromatic nitrogens is 1. The Hall–Kier alpha value is -2.53. The molecule has 1 aromatic heterocycles. The van der Waals surface area contributed by atoms with Gasteiger partial charge in [-0.1, -0.05) is 24.3 Å². The number of carboxylic acid groups (broad SMARTS) is 1. The highest BCUT2D eigenvalue weighted by molar-refractivity contribution is 7.19. The fraction of sp³-hybridized carbons (Fsp3) is 0.0588. The minimum Gasteiger partial charge on any atom is -0.481 e. The molecule has 0 aliphatic carbocycles. The molecule has 0 bridgehead atoms. The van der Waals surface area contributed by atoms with E-state index in [1.807, 2.05) is 24.3 Å². The first-order valence-electron chi connectivity index (χ1n) is 6.66. The second kappa shape index (κ2) is 6.07. The van der Waals surface area contributed by atoms with Gasteiger partial charge in [0.25, 0.3) is 0 Å². The van der Waals surface area contributed by atoms with Crippen LogP contribution in [0, 0.1) is 5.82 Å². The Morgan fingerprint density at radius 2 is 1.91 bits per heavy atom. The van der Waals surface area contributed by atoms with Gasteiger partial charge in [-0.05, 0) is 41.5 Å². The van der Waals surface area contributed by atoms with Crippen molar-refractivity contribution in [1.29, 1.82) is 0 Å². The summed E-state index contributed by atoms with van der Waals surface area (Å²) in [5.41, 5.74) is 2.20. The van der Waals surface area contributed by atoms with Gasteiger partial charge in [-0.2, -0.15) is 0 Å². The molecule has 0 saturated heterocycles. The molecule has 0 spiro atoms. The van der Waals surface area contributed by atoms with Gasteiger partial charge in [0.15, 0.2) is 0 Å². The SMILES string of the molecule is O=C(O)C/C(=C/c1ccc(F)cc1)c1nc2ccccc2s1. The molecule has 0 aliphatic rings. The quantitative estimate of drug-likeness (QED) is 0.774. The number of nitrogens with zero attached hydrogens (tertiary/aromatic N) is 1. The van der Waals surface area contributed by atoms with E-state index in [0.29, 0.717) is 10.6 Å². The average molecular weight is 313 g/mol. The molecular weight excluding hydrogens is 301 g/mol. The van der Waals surface area contributed by atoms with Crippen LogP contribution >= 0.6 is 11.3 Å². The van der Waals surface area contributed by atoms with Crippen molar-refractivity contribution < 1.29 is 14.3 Å². The predicted molar refractivity (Wildman–Crippen MR) is 86.1 cm³/mol. The molecule has 110 valence electrons. The van der Waals surface area contributed by atoms with Gasteiger partial charge in [0.05, 0.1) is 16.6 Å². The van der Waals surface area contributed by atoms with Crippen LogP contribution in [0.1, 0.15) is 17.0 Å². The number of aliphatic carboxylic acids is 1. The first-order valence-corrected chi connectivity index (χ1v) is 7.47. The molecule has 1 heterocycles. The molecule has 3 nitrogen and oxygen atoms in total. The summed E-state index contributed by atoms with van der Waals surface area (Å²) in [6.07, 6.45) is 1.61. The number of rotatable bonds is 4. The Kier molecular flexibility index (Phi) is 3.98. The summed E-state index contributed by atoms with van der Waals surface area (Å²) in [7, 11) is 0. The number of benzene rings is 2. The van der Waals surface area contributed by atoms with Crippen molar-refractivity contribution in [3.63, 3.8) is 0 Å². The number of fused-ring (bicyclic) bond motifs is 1. The smallest absolute Gasteiger partial charge is 0.307 e. The zero-order chi connectivity index (χ0) is 15.5. The summed E-state index contributed by atoms with van der Waals surface area (Å²) in [5, 5.41) is 9.79. The van der Waals surface area contributed by atoms with Crippen LogP contribution in [-0.2, 0) is 4.79 Å². The molecule has 0 amide bonds. The van der Waals surface area contributed by atoms with Crippen LogP contribution in [0.5, 0.6) is 0 Å². The maximum Gasteiger partial charge on any atom is 0.307 e. The van der Waals surface area contributed by atoms with Crippen LogP contribution < -0.4 is 0 Å². The molecule has 0 aliphatic heterocycles. The van der Waals surface area contributed by atoms with E-state index in [9.17, 15) is 9.18 Å². The summed E-state index contributed by atoms with van der Waals surface area (Å²) in [5.74, 6) is -1.25. The maximum absolute atomic E-state index is 13.0. The van der Waals surface area contributed by atoms with E-state index in [0.717, 1.165) is 15.8 Å². The zero-order valence-corrected chi connectivity index (χ0v) is 12.3. The Morgan fingerprint density at radius 1 is 1.18 bits per heavy atom. The first-order chi connectivity index (χ1) is 10.6. The van der Waals surface area contributed by atoms with E-state index in [4.69, 9.17) is 5.11 Å². The lowest BCUT2D eigenvalue weighted by molar-refractivity contribution is -0.135. The van der Waals surface area contributed by atoms with Gasteiger partial charge < -0.3 is 5.11 Å². The molecule has 3 rings (SSSR count). The lowest BCUT2D eigenvalue weighted by Gasteiger charge is -2.01. The highest BCUT2D eigenvalue weighted by Crippen LogP contribution is 2.30. The predicted octanol–water partition coefficient (Wildman–Crippen LogP) is 4.45. The number of carboxylic acids is 1. The van der Waals surface area contributed by atoms with Crippen LogP contribution in [-0.4, -0.2) is 16.1 Å². The lowest BCUT2D eigenvalue weighted by atomic mass is 10.1. The summed E-state index contributed by atoms with van der Waals surface area (Å²) in [6, 6.07) is 13.6. The fourth-order valence-electron chi connectivity index (χ4n) is 2.12. The molecular formula is C17H12FNO2S. The van der Waals surface area contributed by atoms with Crippen LogP contribution in [0.2, 0.25) is 0 Å². The Balaban J connectivity index is 2.05. The summed E-state index contributed by atoms with van der Waals surface area (Å²) >= 11 is 1.45. The van der Waals surface area contributed by atoms with Crippen molar-refractivity contribution in [2.45, 2.75) is 6.42 Å². The van der Waals surface area contributed by atoms with E-state index in [2.05, 4.69) is 4.98 Å². The lowest BCUT2D eigenvalue weighted by Crippen LogP contribution is -1.97. The van der Waals surface area contributed by atoms with Crippen molar-refractivity contribution in [2.75, 3.05) is 0 Å². The number of halogens is 1. The molecule has 0 radical (unpaired) electrons. The maximum atomic E-state index is 13.0. The number of carbonyl (C=O) groups is 1. The third-order valence-corrected chi connectivity index (χ3v) is 4.23. The molecule has 0 fully saturated rings. The average Bonchev–Trinajstić information content (AvgIpc) is 2.92. The summed E-state index contributed by atoms with van der Waals surface area (Å²) in [6.45, 7) is 0.